The highest BCUT2D eigenvalue weighted by Crippen LogP contribution is 2.58. The van der Waals surface area contributed by atoms with Crippen LogP contribution >= 0.6 is 7.37 Å². The molecule has 6 nitrogen and oxygen atoms in total. The van der Waals surface area contributed by atoms with E-state index in [0.29, 0.717) is 28.8 Å². The Morgan fingerprint density at radius 2 is 1.67 bits per heavy atom. The average Bonchev–Trinajstić information content (AvgIpc) is 2.70. The number of benzene rings is 2. The van der Waals surface area contributed by atoms with Gasteiger partial charge < -0.3 is 24.0 Å². The molecule has 0 spiro atoms. The second-order valence-corrected chi connectivity index (χ2v) is 8.79. The summed E-state index contributed by atoms with van der Waals surface area (Å²) in [6.07, 6.45) is 0.693. The van der Waals surface area contributed by atoms with Gasteiger partial charge in [-0.25, -0.2) is 0 Å². The zero-order valence-corrected chi connectivity index (χ0v) is 17.4. The van der Waals surface area contributed by atoms with E-state index in [2.05, 4.69) is 0 Å². The van der Waals surface area contributed by atoms with Crippen LogP contribution in [0.5, 0.6) is 11.5 Å². The largest absolute Gasteiger partial charge is 0.493 e. The number of hydrogen-bond acceptors (Lipinski definition) is 6. The summed E-state index contributed by atoms with van der Waals surface area (Å²) in [7, 11) is 3.35. The Morgan fingerprint density at radius 3 is 2.19 bits per heavy atom. The van der Waals surface area contributed by atoms with Gasteiger partial charge in [-0.3, -0.25) is 4.57 Å². The van der Waals surface area contributed by atoms with Crippen LogP contribution in [0.3, 0.4) is 0 Å². The fourth-order valence-electron chi connectivity index (χ4n) is 2.68. The molecule has 1 N–H and O–H groups in total. The fourth-order valence-corrected chi connectivity index (χ4v) is 4.83. The van der Waals surface area contributed by atoms with Gasteiger partial charge in [0, 0.05) is 25.1 Å². The SMILES string of the molecule is CCCO[P@](=O)(c1ccc(N(C)C)cc1)[C@@H](O)c1ccc(OC)c(OC)c1. The van der Waals surface area contributed by atoms with E-state index < -0.39 is 13.2 Å². The molecule has 0 unspecified atom stereocenters. The Kier molecular flexibility index (Phi) is 7.31. The lowest BCUT2D eigenvalue weighted by atomic mass is 10.2. The minimum atomic E-state index is -3.56. The van der Waals surface area contributed by atoms with Gasteiger partial charge in [-0.15, -0.1) is 0 Å². The number of aliphatic hydroxyl groups is 1. The van der Waals surface area contributed by atoms with Gasteiger partial charge in [-0.2, -0.15) is 0 Å². The summed E-state index contributed by atoms with van der Waals surface area (Å²) >= 11 is 0. The predicted octanol–water partition coefficient (Wildman–Crippen LogP) is 3.79. The number of anilines is 1. The Hall–Kier alpha value is -2.01. The molecule has 27 heavy (non-hydrogen) atoms. The normalized spacial score (nSPS) is 14.3. The van der Waals surface area contributed by atoms with Gasteiger partial charge in [0.15, 0.2) is 17.3 Å². The van der Waals surface area contributed by atoms with Gasteiger partial charge in [-0.05, 0) is 48.4 Å². The first kappa shape index (κ1) is 21.3. The molecular weight excluding hydrogens is 365 g/mol. The third kappa shape index (κ3) is 4.64. The summed E-state index contributed by atoms with van der Waals surface area (Å²) < 4.78 is 30.0. The molecule has 0 aliphatic rings. The van der Waals surface area contributed by atoms with Crippen molar-refractivity contribution < 1.29 is 23.7 Å². The molecule has 0 heterocycles. The summed E-state index contributed by atoms with van der Waals surface area (Å²) in [5.41, 5.74) is 1.42. The summed E-state index contributed by atoms with van der Waals surface area (Å²) in [4.78, 5) is 1.95. The molecule has 0 aliphatic carbocycles. The van der Waals surface area contributed by atoms with Crippen molar-refractivity contribution >= 4 is 18.4 Å². The van der Waals surface area contributed by atoms with Crippen molar-refractivity contribution in [3.05, 3.63) is 48.0 Å². The van der Waals surface area contributed by atoms with Crippen LogP contribution in [0.1, 0.15) is 24.8 Å². The van der Waals surface area contributed by atoms with Crippen molar-refractivity contribution in [3.8, 4) is 11.5 Å². The van der Waals surface area contributed by atoms with Crippen molar-refractivity contribution in [2.75, 3.05) is 39.8 Å². The molecule has 0 fully saturated rings. The lowest BCUT2D eigenvalue weighted by molar-refractivity contribution is 0.213. The van der Waals surface area contributed by atoms with E-state index in [9.17, 15) is 9.67 Å². The summed E-state index contributed by atoms with van der Waals surface area (Å²) in [5, 5.41) is 11.5. The van der Waals surface area contributed by atoms with Gasteiger partial charge >= 0.3 is 0 Å². The number of aliphatic hydroxyl groups excluding tert-OH is 1. The molecule has 0 bridgehead atoms. The van der Waals surface area contributed by atoms with Crippen LogP contribution in [0.2, 0.25) is 0 Å². The molecule has 148 valence electrons. The molecule has 0 saturated carbocycles. The van der Waals surface area contributed by atoms with Crippen LogP contribution in [0.25, 0.3) is 0 Å². The van der Waals surface area contributed by atoms with Crippen LogP contribution in [0.4, 0.5) is 5.69 Å². The summed E-state index contributed by atoms with van der Waals surface area (Å²) in [6.45, 7) is 2.22. The molecule has 2 aromatic rings. The minimum Gasteiger partial charge on any atom is -0.493 e. The van der Waals surface area contributed by atoms with Crippen molar-refractivity contribution in [3.63, 3.8) is 0 Å². The molecule has 0 aromatic heterocycles. The molecule has 0 saturated heterocycles. The van der Waals surface area contributed by atoms with Crippen LogP contribution in [0.15, 0.2) is 42.5 Å². The van der Waals surface area contributed by atoms with Crippen LogP contribution in [0, 0.1) is 0 Å². The monoisotopic (exact) mass is 393 g/mol. The molecule has 2 rings (SSSR count). The third-order valence-corrected chi connectivity index (χ3v) is 6.77. The van der Waals surface area contributed by atoms with E-state index in [0.717, 1.165) is 5.69 Å². The lowest BCUT2D eigenvalue weighted by Crippen LogP contribution is -2.16. The maximum absolute atomic E-state index is 13.8. The first-order valence-electron chi connectivity index (χ1n) is 8.79. The first-order valence-corrected chi connectivity index (χ1v) is 10.5. The summed E-state index contributed by atoms with van der Waals surface area (Å²) in [5.74, 6) is -0.318. The Balaban J connectivity index is 2.46. The highest BCUT2D eigenvalue weighted by molar-refractivity contribution is 7.67. The van der Waals surface area contributed by atoms with Crippen molar-refractivity contribution in [1.82, 2.24) is 0 Å². The second kappa shape index (κ2) is 9.27. The van der Waals surface area contributed by atoms with Gasteiger partial charge in [0.1, 0.15) is 0 Å². The van der Waals surface area contributed by atoms with Crippen LogP contribution in [-0.2, 0) is 9.09 Å². The topological polar surface area (TPSA) is 68.2 Å². The molecular formula is C20H28NO5P. The average molecular weight is 393 g/mol. The maximum atomic E-state index is 13.8. The van der Waals surface area contributed by atoms with E-state index in [1.54, 1.807) is 30.3 Å². The van der Waals surface area contributed by atoms with E-state index in [-0.39, 0.29) is 6.61 Å². The number of ether oxygens (including phenoxy) is 2. The molecule has 0 amide bonds. The molecule has 2 atom stereocenters. The van der Waals surface area contributed by atoms with Gasteiger partial charge in [0.2, 0.25) is 0 Å². The maximum Gasteiger partial charge on any atom is 0.264 e. The quantitative estimate of drug-likeness (QED) is 0.654. The van der Waals surface area contributed by atoms with Crippen molar-refractivity contribution in [1.29, 1.82) is 0 Å². The first-order chi connectivity index (χ1) is 12.9. The lowest BCUT2D eigenvalue weighted by Gasteiger charge is -2.25. The molecule has 0 radical (unpaired) electrons. The zero-order chi connectivity index (χ0) is 20.0. The zero-order valence-electron chi connectivity index (χ0n) is 16.5. The third-order valence-electron chi connectivity index (χ3n) is 4.24. The predicted molar refractivity (Wildman–Crippen MR) is 109 cm³/mol. The van der Waals surface area contributed by atoms with E-state index >= 15 is 0 Å². The van der Waals surface area contributed by atoms with Crippen molar-refractivity contribution in [2.45, 2.75) is 19.2 Å². The number of hydrogen-bond donors (Lipinski definition) is 1. The standard InChI is InChI=1S/C20H28NO5P/c1-6-13-26-27(23,17-10-8-16(9-11-17)21(2)3)20(22)15-7-12-18(24-4)19(14-15)25-5/h7-12,14,20,22H,6,13H2,1-5H3/t20-,27-/m1/s1. The Labute approximate surface area is 161 Å². The number of rotatable bonds is 9. The van der Waals surface area contributed by atoms with E-state index in [1.807, 2.05) is 38.1 Å². The smallest absolute Gasteiger partial charge is 0.264 e. The highest BCUT2D eigenvalue weighted by Gasteiger charge is 2.36. The number of methoxy groups -OCH3 is 2. The molecule has 7 heteroatoms. The number of nitrogens with zero attached hydrogens (tertiary/aromatic N) is 1. The van der Waals surface area contributed by atoms with Gasteiger partial charge in [-0.1, -0.05) is 13.0 Å². The van der Waals surface area contributed by atoms with Gasteiger partial charge in [0.25, 0.3) is 7.37 Å². The minimum absolute atomic E-state index is 0.289. The van der Waals surface area contributed by atoms with Crippen LogP contribution < -0.4 is 19.7 Å². The fraction of sp³-hybridized carbons (Fsp3) is 0.400. The van der Waals surface area contributed by atoms with E-state index in [1.165, 1.54) is 14.2 Å². The Morgan fingerprint density at radius 1 is 1.04 bits per heavy atom. The second-order valence-electron chi connectivity index (χ2n) is 6.33. The van der Waals surface area contributed by atoms with Crippen LogP contribution in [-0.4, -0.2) is 40.0 Å². The highest BCUT2D eigenvalue weighted by atomic mass is 31.2. The van der Waals surface area contributed by atoms with Gasteiger partial charge in [0.05, 0.1) is 20.8 Å². The van der Waals surface area contributed by atoms with E-state index in [4.69, 9.17) is 14.0 Å². The molecule has 2 aromatic carbocycles. The summed E-state index contributed by atoms with van der Waals surface area (Å²) in [6, 6.07) is 12.2. The Bertz CT molecular complexity index is 791. The van der Waals surface area contributed by atoms with Crippen molar-refractivity contribution in [2.24, 2.45) is 0 Å². The molecule has 0 aliphatic heterocycles.